The molecule has 0 saturated carbocycles. The van der Waals surface area contributed by atoms with Crippen molar-refractivity contribution >= 4 is 22.5 Å². The van der Waals surface area contributed by atoms with Crippen LogP contribution in [0.25, 0.3) is 10.9 Å². The normalized spacial score (nSPS) is 12.7. The molecule has 3 rings (SSSR count). The van der Waals surface area contributed by atoms with Crippen LogP contribution >= 0.6 is 11.6 Å². The number of aromatic nitrogens is 3. The summed E-state index contributed by atoms with van der Waals surface area (Å²) >= 11 is 6.31. The Kier molecular flexibility index (Phi) is 3.90. The highest BCUT2D eigenvalue weighted by Gasteiger charge is 2.20. The van der Waals surface area contributed by atoms with E-state index in [1.807, 2.05) is 30.1 Å². The topological polar surface area (TPSA) is 42.7 Å². The van der Waals surface area contributed by atoms with Crippen LogP contribution in [0.2, 0.25) is 5.02 Å². The first-order chi connectivity index (χ1) is 10.2. The Morgan fingerprint density at radius 1 is 1.33 bits per heavy atom. The molecule has 2 heterocycles. The zero-order chi connectivity index (χ0) is 14.8. The fraction of sp³-hybridized carbons (Fsp3) is 0.250. The molecule has 2 aromatic heterocycles. The first-order valence-electron chi connectivity index (χ1n) is 6.96. The van der Waals surface area contributed by atoms with E-state index in [9.17, 15) is 0 Å². The van der Waals surface area contributed by atoms with Crippen LogP contribution in [-0.4, -0.2) is 21.3 Å². The summed E-state index contributed by atoms with van der Waals surface area (Å²) in [6.07, 6.45) is 3.49. The van der Waals surface area contributed by atoms with E-state index in [1.165, 1.54) is 0 Å². The van der Waals surface area contributed by atoms with Gasteiger partial charge in [0, 0.05) is 18.6 Å². The third kappa shape index (κ3) is 2.64. The summed E-state index contributed by atoms with van der Waals surface area (Å²) in [7, 11) is 1.91. The van der Waals surface area contributed by atoms with Crippen molar-refractivity contribution in [2.75, 3.05) is 6.54 Å². The monoisotopic (exact) mass is 300 g/mol. The van der Waals surface area contributed by atoms with Crippen molar-refractivity contribution in [1.82, 2.24) is 20.1 Å². The molecular formula is C16H17ClN4. The van der Waals surface area contributed by atoms with E-state index < -0.39 is 0 Å². The maximum Gasteiger partial charge on any atom is 0.0837 e. The predicted molar refractivity (Wildman–Crippen MR) is 85.5 cm³/mol. The standard InChI is InChI=1S/C16H17ClN4/c1-3-18-15(16-13(17)10-20-21(16)2)12-6-7-14-11(9-12)5-4-8-19-14/h4-10,15,18H,3H2,1-2H3. The predicted octanol–water partition coefficient (Wildman–Crippen LogP) is 3.32. The average Bonchev–Trinajstić information content (AvgIpc) is 2.84. The zero-order valence-corrected chi connectivity index (χ0v) is 12.8. The lowest BCUT2D eigenvalue weighted by atomic mass is 10.0. The molecular weight excluding hydrogens is 284 g/mol. The fourth-order valence-corrected chi connectivity index (χ4v) is 2.87. The molecule has 5 heteroatoms. The Morgan fingerprint density at radius 2 is 2.19 bits per heavy atom. The van der Waals surface area contributed by atoms with Gasteiger partial charge in [0.1, 0.15) is 0 Å². The number of pyridine rings is 1. The molecule has 1 unspecified atom stereocenters. The second-order valence-corrected chi connectivity index (χ2v) is 5.35. The molecule has 0 radical (unpaired) electrons. The van der Waals surface area contributed by atoms with Gasteiger partial charge in [-0.3, -0.25) is 9.67 Å². The summed E-state index contributed by atoms with van der Waals surface area (Å²) in [4.78, 5) is 4.36. The molecule has 3 aromatic rings. The maximum absolute atomic E-state index is 6.31. The van der Waals surface area contributed by atoms with Crippen molar-refractivity contribution in [2.45, 2.75) is 13.0 Å². The van der Waals surface area contributed by atoms with E-state index in [0.717, 1.165) is 28.7 Å². The Morgan fingerprint density at radius 3 is 2.90 bits per heavy atom. The number of hydrogen-bond acceptors (Lipinski definition) is 3. The van der Waals surface area contributed by atoms with E-state index in [-0.39, 0.29) is 6.04 Å². The highest BCUT2D eigenvalue weighted by Crippen LogP contribution is 2.29. The van der Waals surface area contributed by atoms with Crippen molar-refractivity contribution in [2.24, 2.45) is 7.05 Å². The number of hydrogen-bond donors (Lipinski definition) is 1. The number of halogens is 1. The van der Waals surface area contributed by atoms with Crippen LogP contribution in [0.4, 0.5) is 0 Å². The van der Waals surface area contributed by atoms with E-state index in [0.29, 0.717) is 5.02 Å². The van der Waals surface area contributed by atoms with Crippen LogP contribution < -0.4 is 5.32 Å². The molecule has 0 aliphatic heterocycles. The molecule has 0 amide bonds. The summed E-state index contributed by atoms with van der Waals surface area (Å²) in [5.74, 6) is 0. The van der Waals surface area contributed by atoms with Gasteiger partial charge >= 0.3 is 0 Å². The van der Waals surface area contributed by atoms with Crippen molar-refractivity contribution < 1.29 is 0 Å². The van der Waals surface area contributed by atoms with Gasteiger partial charge in [-0.05, 0) is 30.3 Å². The van der Waals surface area contributed by atoms with E-state index in [1.54, 1.807) is 6.20 Å². The molecule has 108 valence electrons. The first kappa shape index (κ1) is 14.0. The molecule has 0 aliphatic carbocycles. The molecule has 0 aliphatic rings. The molecule has 1 aromatic carbocycles. The number of fused-ring (bicyclic) bond motifs is 1. The highest BCUT2D eigenvalue weighted by atomic mass is 35.5. The highest BCUT2D eigenvalue weighted by molar-refractivity contribution is 6.31. The molecule has 0 saturated heterocycles. The van der Waals surface area contributed by atoms with Gasteiger partial charge in [0.25, 0.3) is 0 Å². The first-order valence-corrected chi connectivity index (χ1v) is 7.34. The Hall–Kier alpha value is -1.91. The molecule has 0 bridgehead atoms. The van der Waals surface area contributed by atoms with Gasteiger partial charge in [0.2, 0.25) is 0 Å². The van der Waals surface area contributed by atoms with E-state index in [2.05, 4.69) is 40.5 Å². The Balaban J connectivity index is 2.11. The molecule has 21 heavy (non-hydrogen) atoms. The van der Waals surface area contributed by atoms with Crippen LogP contribution in [0, 0.1) is 0 Å². The molecule has 1 N–H and O–H groups in total. The number of nitrogens with one attached hydrogen (secondary N) is 1. The van der Waals surface area contributed by atoms with E-state index in [4.69, 9.17) is 11.6 Å². The summed E-state index contributed by atoms with van der Waals surface area (Å²) in [6.45, 7) is 2.93. The smallest absolute Gasteiger partial charge is 0.0837 e. The minimum absolute atomic E-state index is 0.0135. The minimum atomic E-state index is 0.0135. The third-order valence-corrected chi connectivity index (χ3v) is 3.87. The number of aryl methyl sites for hydroxylation is 1. The maximum atomic E-state index is 6.31. The lowest BCUT2D eigenvalue weighted by molar-refractivity contribution is 0.573. The lowest BCUT2D eigenvalue weighted by Crippen LogP contribution is -2.24. The van der Waals surface area contributed by atoms with Crippen LogP contribution in [0.3, 0.4) is 0 Å². The van der Waals surface area contributed by atoms with Crippen LogP contribution in [0.1, 0.15) is 24.2 Å². The van der Waals surface area contributed by atoms with Gasteiger partial charge in [-0.25, -0.2) is 0 Å². The lowest BCUT2D eigenvalue weighted by Gasteiger charge is -2.19. The summed E-state index contributed by atoms with van der Waals surface area (Å²) in [6, 6.07) is 10.3. The van der Waals surface area contributed by atoms with Gasteiger partial charge < -0.3 is 5.32 Å². The Bertz CT molecular complexity index is 746. The molecule has 0 fully saturated rings. The average molecular weight is 301 g/mol. The van der Waals surface area contributed by atoms with Crippen molar-refractivity contribution in [3.63, 3.8) is 0 Å². The van der Waals surface area contributed by atoms with Gasteiger partial charge in [-0.1, -0.05) is 30.7 Å². The number of nitrogens with zero attached hydrogens (tertiary/aromatic N) is 3. The van der Waals surface area contributed by atoms with Crippen molar-refractivity contribution in [3.8, 4) is 0 Å². The Labute approximate surface area is 128 Å². The summed E-state index contributed by atoms with van der Waals surface area (Å²) in [5, 5.41) is 9.52. The number of benzene rings is 1. The minimum Gasteiger partial charge on any atom is -0.305 e. The van der Waals surface area contributed by atoms with Gasteiger partial charge in [-0.2, -0.15) is 5.10 Å². The second kappa shape index (κ2) is 5.84. The summed E-state index contributed by atoms with van der Waals surface area (Å²) < 4.78 is 1.82. The van der Waals surface area contributed by atoms with Crippen molar-refractivity contribution in [1.29, 1.82) is 0 Å². The molecule has 0 spiro atoms. The quantitative estimate of drug-likeness (QED) is 0.804. The van der Waals surface area contributed by atoms with Gasteiger partial charge in [0.05, 0.1) is 28.5 Å². The van der Waals surface area contributed by atoms with Crippen LogP contribution in [-0.2, 0) is 7.05 Å². The third-order valence-electron chi connectivity index (χ3n) is 3.58. The second-order valence-electron chi connectivity index (χ2n) is 4.95. The van der Waals surface area contributed by atoms with Crippen LogP contribution in [0.15, 0.2) is 42.7 Å². The SMILES string of the molecule is CCNC(c1ccc2ncccc2c1)c1c(Cl)cnn1C. The summed E-state index contributed by atoms with van der Waals surface area (Å²) in [5.41, 5.74) is 3.12. The molecule has 1 atom stereocenters. The van der Waals surface area contributed by atoms with Crippen LogP contribution in [0.5, 0.6) is 0 Å². The molecule has 4 nitrogen and oxygen atoms in total. The van der Waals surface area contributed by atoms with E-state index >= 15 is 0 Å². The number of rotatable bonds is 4. The van der Waals surface area contributed by atoms with Gasteiger partial charge in [-0.15, -0.1) is 0 Å². The zero-order valence-electron chi connectivity index (χ0n) is 12.0. The largest absolute Gasteiger partial charge is 0.305 e. The van der Waals surface area contributed by atoms with Crippen molar-refractivity contribution in [3.05, 3.63) is 59.0 Å². The fourth-order valence-electron chi connectivity index (χ4n) is 2.60. The van der Waals surface area contributed by atoms with Gasteiger partial charge in [0.15, 0.2) is 0 Å².